The van der Waals surface area contributed by atoms with E-state index < -0.39 is 0 Å². The van der Waals surface area contributed by atoms with Gasteiger partial charge < -0.3 is 10.1 Å². The minimum atomic E-state index is 0. The Morgan fingerprint density at radius 2 is 1.33 bits per heavy atom. The molecule has 0 bridgehead atoms. The Balaban J connectivity index is 0.000000209. The maximum atomic E-state index is 10.5. The van der Waals surface area contributed by atoms with Crippen molar-refractivity contribution in [3.05, 3.63) is 156 Å². The van der Waals surface area contributed by atoms with Crippen LogP contribution < -0.4 is 0 Å². The first-order valence-corrected chi connectivity index (χ1v) is 18.0. The zero-order chi connectivity index (χ0) is 36.2. The van der Waals surface area contributed by atoms with Crippen LogP contribution in [-0.2, 0) is 20.1 Å². The van der Waals surface area contributed by atoms with Crippen molar-refractivity contribution in [1.82, 2.24) is 14.5 Å². The van der Waals surface area contributed by atoms with Gasteiger partial charge in [0.25, 0.3) is 0 Å². The number of pyridine rings is 1. The molecule has 0 atom stereocenters. The van der Waals surface area contributed by atoms with Gasteiger partial charge in [-0.05, 0) is 92.4 Å². The van der Waals surface area contributed by atoms with Crippen molar-refractivity contribution in [1.29, 1.82) is 0 Å². The van der Waals surface area contributed by atoms with E-state index in [1.807, 2.05) is 30.6 Å². The Bertz CT molecular complexity index is 2240. The summed E-state index contributed by atoms with van der Waals surface area (Å²) in [4.78, 5) is 9.24. The maximum Gasteiger partial charge on any atom is 0.148 e. The fourth-order valence-corrected chi connectivity index (χ4v) is 6.76. The van der Waals surface area contributed by atoms with Gasteiger partial charge in [-0.2, -0.15) is 0 Å². The van der Waals surface area contributed by atoms with Crippen LogP contribution in [0.1, 0.15) is 87.1 Å². The SMILES string of the molecule is CC(C)c1cc(-c2ccccc2)cc(C(C)C)c1-n1ccnc1-c1ccccc1O.Cc1[c-]c(-c2nccc3ccc(C(C)C)cc23)cc(C)c1.[Ir]. The molecule has 1 radical (unpaired) electrons. The molecular formula is C47H48IrN3O-. The molecule has 2 heterocycles. The molecule has 0 spiro atoms. The summed E-state index contributed by atoms with van der Waals surface area (Å²) in [5, 5.41) is 12.9. The number of fused-ring (bicyclic) bond motifs is 1. The molecule has 7 rings (SSSR count). The number of aromatic hydroxyl groups is 1. The third-order valence-electron chi connectivity index (χ3n) is 9.41. The summed E-state index contributed by atoms with van der Waals surface area (Å²) in [5.41, 5.74) is 12.8. The van der Waals surface area contributed by atoms with Gasteiger partial charge in [0.15, 0.2) is 0 Å². The quantitative estimate of drug-likeness (QED) is 0.162. The van der Waals surface area contributed by atoms with E-state index in [2.05, 4.69) is 155 Å². The molecule has 1 N–H and O–H groups in total. The summed E-state index contributed by atoms with van der Waals surface area (Å²) < 4.78 is 2.13. The second-order valence-corrected chi connectivity index (χ2v) is 14.4. The molecule has 267 valence electrons. The van der Waals surface area contributed by atoms with Crippen LogP contribution in [0.15, 0.2) is 122 Å². The number of aryl methyl sites for hydroxylation is 2. The second kappa shape index (κ2) is 16.7. The van der Waals surface area contributed by atoms with Crippen molar-refractivity contribution in [2.45, 2.75) is 73.1 Å². The number of phenolic OH excluding ortho intramolecular Hbond substituents is 1. The first-order chi connectivity index (χ1) is 24.5. The molecule has 7 aromatic rings. The number of para-hydroxylation sites is 1. The molecule has 0 saturated heterocycles. The largest absolute Gasteiger partial charge is 0.507 e. The van der Waals surface area contributed by atoms with Crippen LogP contribution in [0.4, 0.5) is 0 Å². The normalized spacial score (nSPS) is 11.1. The van der Waals surface area contributed by atoms with Gasteiger partial charge in [-0.25, -0.2) is 4.98 Å². The van der Waals surface area contributed by atoms with Crippen molar-refractivity contribution < 1.29 is 25.2 Å². The van der Waals surface area contributed by atoms with Crippen molar-refractivity contribution in [3.63, 3.8) is 0 Å². The monoisotopic (exact) mass is 863 g/mol. The molecule has 0 aliphatic heterocycles. The fraction of sp³-hybridized carbons (Fsp3) is 0.234. The Hall–Kier alpha value is -4.83. The van der Waals surface area contributed by atoms with Crippen LogP contribution in [0.25, 0.3) is 50.2 Å². The van der Waals surface area contributed by atoms with E-state index in [-0.39, 0.29) is 25.9 Å². The Morgan fingerprint density at radius 1 is 0.654 bits per heavy atom. The molecule has 5 heteroatoms. The minimum Gasteiger partial charge on any atom is -0.507 e. The van der Waals surface area contributed by atoms with Crippen LogP contribution in [0.2, 0.25) is 0 Å². The van der Waals surface area contributed by atoms with E-state index in [1.165, 1.54) is 44.2 Å². The van der Waals surface area contributed by atoms with Crippen molar-refractivity contribution in [3.8, 4) is 45.2 Å². The average Bonchev–Trinajstić information content (AvgIpc) is 3.60. The summed E-state index contributed by atoms with van der Waals surface area (Å²) >= 11 is 0. The van der Waals surface area contributed by atoms with E-state index >= 15 is 0 Å². The van der Waals surface area contributed by atoms with Gasteiger partial charge in [0.2, 0.25) is 0 Å². The maximum absolute atomic E-state index is 10.5. The average molecular weight is 863 g/mol. The third kappa shape index (κ3) is 8.28. The van der Waals surface area contributed by atoms with E-state index in [0.29, 0.717) is 17.8 Å². The molecule has 0 amide bonds. The van der Waals surface area contributed by atoms with Gasteiger partial charge in [-0.1, -0.05) is 116 Å². The molecule has 5 aromatic carbocycles. The molecule has 4 nitrogen and oxygen atoms in total. The minimum absolute atomic E-state index is 0. The van der Waals surface area contributed by atoms with Crippen LogP contribution in [0, 0.1) is 19.9 Å². The fourth-order valence-electron chi connectivity index (χ4n) is 6.76. The predicted molar refractivity (Wildman–Crippen MR) is 214 cm³/mol. The molecule has 0 aliphatic rings. The first-order valence-electron chi connectivity index (χ1n) is 18.0. The van der Waals surface area contributed by atoms with Crippen molar-refractivity contribution in [2.75, 3.05) is 0 Å². The molecular weight excluding hydrogens is 815 g/mol. The topological polar surface area (TPSA) is 50.9 Å². The van der Waals surface area contributed by atoms with Gasteiger partial charge in [0.1, 0.15) is 11.6 Å². The molecule has 2 aromatic heterocycles. The number of nitrogens with zero attached hydrogens (tertiary/aromatic N) is 3. The van der Waals surface area contributed by atoms with Gasteiger partial charge in [-0.3, -0.25) is 4.57 Å². The van der Waals surface area contributed by atoms with E-state index in [0.717, 1.165) is 33.9 Å². The molecule has 0 fully saturated rings. The first kappa shape index (κ1) is 38.4. The summed E-state index contributed by atoms with van der Waals surface area (Å²) in [7, 11) is 0. The zero-order valence-corrected chi connectivity index (χ0v) is 33.8. The van der Waals surface area contributed by atoms with Crippen LogP contribution >= 0.6 is 0 Å². The number of benzene rings is 5. The molecule has 0 unspecified atom stereocenters. The molecule has 52 heavy (non-hydrogen) atoms. The summed E-state index contributed by atoms with van der Waals surface area (Å²) in [6.45, 7) is 17.6. The van der Waals surface area contributed by atoms with Crippen LogP contribution in [0.3, 0.4) is 0 Å². The Kier molecular flexibility index (Phi) is 12.3. The summed E-state index contributed by atoms with van der Waals surface area (Å²) in [5.74, 6) is 2.18. The summed E-state index contributed by atoms with van der Waals surface area (Å²) in [6, 6.07) is 39.0. The number of phenols is 1. The van der Waals surface area contributed by atoms with Gasteiger partial charge in [0.05, 0.1) is 11.3 Å². The number of rotatable bonds is 7. The number of hydrogen-bond acceptors (Lipinski definition) is 3. The second-order valence-electron chi connectivity index (χ2n) is 14.4. The van der Waals surface area contributed by atoms with Gasteiger partial charge in [-0.15, -0.1) is 34.9 Å². The van der Waals surface area contributed by atoms with Crippen molar-refractivity contribution >= 4 is 10.8 Å². The zero-order valence-electron chi connectivity index (χ0n) is 31.4. The smallest absolute Gasteiger partial charge is 0.148 e. The molecule has 0 aliphatic carbocycles. The standard InChI is InChI=1S/C27H28N2O.C20H20N.Ir/c1-18(2)23-16-21(20-10-6-5-7-11-20)17-24(19(3)4)26(23)29-15-14-28-27(29)22-12-8-9-13-25(22)30;1-13(2)17-6-5-16-7-8-21-20(19(16)12-17)18-10-14(3)9-15(4)11-18;/h5-19,30H,1-4H3;5-10,12-13H,1-4H3;/q;-1;. The predicted octanol–water partition coefficient (Wildman–Crippen LogP) is 12.6. The van der Waals surface area contributed by atoms with Gasteiger partial charge >= 0.3 is 0 Å². The van der Waals surface area contributed by atoms with Crippen LogP contribution in [0.5, 0.6) is 5.75 Å². The van der Waals surface area contributed by atoms with E-state index in [9.17, 15) is 5.11 Å². The Labute approximate surface area is 323 Å². The van der Waals surface area contributed by atoms with E-state index in [1.54, 1.807) is 12.3 Å². The number of hydrogen-bond donors (Lipinski definition) is 1. The van der Waals surface area contributed by atoms with Crippen LogP contribution in [-0.4, -0.2) is 19.6 Å². The van der Waals surface area contributed by atoms with E-state index in [4.69, 9.17) is 0 Å². The number of imidazole rings is 1. The number of aromatic nitrogens is 3. The Morgan fingerprint density at radius 3 is 1.96 bits per heavy atom. The third-order valence-corrected chi connectivity index (χ3v) is 9.41. The summed E-state index contributed by atoms with van der Waals surface area (Å²) in [6.07, 6.45) is 5.69. The van der Waals surface area contributed by atoms with Crippen molar-refractivity contribution in [2.24, 2.45) is 0 Å². The van der Waals surface area contributed by atoms with Gasteiger partial charge in [0, 0.05) is 38.7 Å². The molecule has 0 saturated carbocycles.